The van der Waals surface area contributed by atoms with E-state index >= 15 is 0 Å². The van der Waals surface area contributed by atoms with Crippen LogP contribution in [-0.2, 0) is 17.7 Å². The normalized spacial score (nSPS) is 12.5. The van der Waals surface area contributed by atoms with Crippen LogP contribution in [0, 0.1) is 0 Å². The molecule has 0 spiro atoms. The zero-order chi connectivity index (χ0) is 10.3. The van der Waals surface area contributed by atoms with Crippen molar-refractivity contribution in [2.45, 2.75) is 18.6 Å². The second kappa shape index (κ2) is 6.69. The molecule has 0 heterocycles. The highest BCUT2D eigenvalue weighted by molar-refractivity contribution is 6.67. The van der Waals surface area contributed by atoms with Crippen LogP contribution in [-0.4, -0.2) is 46.3 Å². The van der Waals surface area contributed by atoms with Crippen LogP contribution in [0.1, 0.15) is 0 Å². The van der Waals surface area contributed by atoms with Crippen molar-refractivity contribution in [2.24, 2.45) is 0 Å². The van der Waals surface area contributed by atoms with Gasteiger partial charge in [-0.2, -0.15) is 0 Å². The molecule has 0 N–H and O–H groups in total. The van der Waals surface area contributed by atoms with Gasteiger partial charge in [0.1, 0.15) is 0 Å². The summed E-state index contributed by atoms with van der Waals surface area (Å²) in [5.41, 5.74) is 0. The predicted octanol–water partition coefficient (Wildman–Crippen LogP) is 0.864. The van der Waals surface area contributed by atoms with E-state index in [1.165, 1.54) is 0 Å². The molecule has 6 heteroatoms. The van der Waals surface area contributed by atoms with Crippen LogP contribution >= 0.6 is 0 Å². The maximum absolute atomic E-state index is 5.35. The van der Waals surface area contributed by atoms with Gasteiger partial charge in [-0.3, -0.25) is 0 Å². The van der Waals surface area contributed by atoms with Gasteiger partial charge in [0.15, 0.2) is 0 Å². The summed E-state index contributed by atoms with van der Waals surface area (Å²) >= 11 is 0. The van der Waals surface area contributed by atoms with Gasteiger partial charge in [0.2, 0.25) is 0 Å². The van der Waals surface area contributed by atoms with Crippen LogP contribution < -0.4 is 0 Å². The highest BCUT2D eigenvalue weighted by Crippen LogP contribution is 2.15. The van der Waals surface area contributed by atoms with Crippen molar-refractivity contribution >= 4 is 17.8 Å². The third kappa shape index (κ3) is 4.89. The molecule has 0 aromatic carbocycles. The maximum atomic E-state index is 5.35. The van der Waals surface area contributed by atoms with Crippen LogP contribution in [0.15, 0.2) is 0 Å². The first-order chi connectivity index (χ1) is 6.11. The molecule has 0 aromatic heterocycles. The van der Waals surface area contributed by atoms with E-state index in [1.54, 1.807) is 28.4 Å². The zero-order valence-electron chi connectivity index (χ0n) is 9.12. The molecule has 0 atom stereocenters. The van der Waals surface area contributed by atoms with Crippen molar-refractivity contribution < 1.29 is 17.7 Å². The second-order valence-electron chi connectivity index (χ2n) is 2.98. The van der Waals surface area contributed by atoms with Crippen LogP contribution in [0.3, 0.4) is 0 Å². The van der Waals surface area contributed by atoms with Crippen LogP contribution in [0.5, 0.6) is 0 Å². The van der Waals surface area contributed by atoms with Crippen LogP contribution in [0.25, 0.3) is 0 Å². The average molecular weight is 224 g/mol. The molecule has 80 valence electrons. The lowest BCUT2D eigenvalue weighted by Crippen LogP contribution is -2.37. The van der Waals surface area contributed by atoms with E-state index in [2.05, 4.69) is 0 Å². The molecule has 0 rings (SSSR count). The van der Waals surface area contributed by atoms with Gasteiger partial charge in [0.25, 0.3) is 0 Å². The summed E-state index contributed by atoms with van der Waals surface area (Å²) in [6, 6.07) is 1.87. The summed E-state index contributed by atoms with van der Waals surface area (Å²) < 4.78 is 21.1. The summed E-state index contributed by atoms with van der Waals surface area (Å²) in [4.78, 5) is 0. The highest BCUT2D eigenvalue weighted by Gasteiger charge is 2.30. The molecule has 0 aliphatic rings. The first kappa shape index (κ1) is 13.3. The van der Waals surface area contributed by atoms with E-state index < -0.39 is 17.8 Å². The lowest BCUT2D eigenvalue weighted by Gasteiger charge is -2.23. The molecule has 0 amide bonds. The quantitative estimate of drug-likeness (QED) is 0.601. The smallest absolute Gasteiger partial charge is 0.334 e. The van der Waals surface area contributed by atoms with Gasteiger partial charge in [-0.1, -0.05) is 0 Å². The molecule has 0 bridgehead atoms. The lowest BCUT2D eigenvalue weighted by molar-refractivity contribution is 0.245. The molecule has 0 saturated carbocycles. The second-order valence-corrected chi connectivity index (χ2v) is 8.95. The minimum Gasteiger partial charge on any atom is -0.400 e. The Balaban J connectivity index is 3.83. The number of rotatable bonds is 7. The molecular weight excluding hydrogens is 204 g/mol. The van der Waals surface area contributed by atoms with Gasteiger partial charge in [0.05, 0.1) is 0 Å². The maximum Gasteiger partial charge on any atom is 0.334 e. The average Bonchev–Trinajstić information content (AvgIpc) is 2.19. The van der Waals surface area contributed by atoms with Crippen molar-refractivity contribution in [2.75, 3.05) is 28.4 Å². The number of hydrogen-bond donors (Lipinski definition) is 0. The fraction of sp³-hybridized carbons (Fsp3) is 1.00. The third-order valence-electron chi connectivity index (χ3n) is 2.22. The monoisotopic (exact) mass is 224 g/mol. The van der Waals surface area contributed by atoms with Gasteiger partial charge >= 0.3 is 17.8 Å². The van der Waals surface area contributed by atoms with E-state index in [9.17, 15) is 0 Å². The minimum atomic E-state index is -1.92. The zero-order valence-corrected chi connectivity index (χ0v) is 11.3. The summed E-state index contributed by atoms with van der Waals surface area (Å²) in [7, 11) is 3.42. The molecule has 0 fully saturated rings. The molecule has 13 heavy (non-hydrogen) atoms. The molecule has 0 saturated heterocycles. The van der Waals surface area contributed by atoms with Crippen molar-refractivity contribution in [1.29, 1.82) is 0 Å². The largest absolute Gasteiger partial charge is 0.400 e. The molecule has 0 aliphatic carbocycles. The standard InChI is InChI=1S/C7H20O4Si2/c1-8-12(9-2)6-7-13(5,10-3)11-4/h12H,6-7H2,1-5H3. The summed E-state index contributed by atoms with van der Waals surface area (Å²) in [5, 5.41) is 0. The summed E-state index contributed by atoms with van der Waals surface area (Å²) in [6.45, 7) is 2.05. The van der Waals surface area contributed by atoms with E-state index in [0.29, 0.717) is 0 Å². The SMILES string of the molecule is CO[SiH](CC[Si](C)(OC)OC)OC. The van der Waals surface area contributed by atoms with Crippen LogP contribution in [0.2, 0.25) is 18.6 Å². The predicted molar refractivity (Wildman–Crippen MR) is 56.4 cm³/mol. The first-order valence-corrected chi connectivity index (χ1v) is 8.56. The lowest BCUT2D eigenvalue weighted by atomic mass is 10.9. The van der Waals surface area contributed by atoms with Gasteiger partial charge in [-0.25, -0.2) is 0 Å². The molecular formula is C7H20O4Si2. The Morgan fingerprint density at radius 2 is 1.46 bits per heavy atom. The van der Waals surface area contributed by atoms with Crippen molar-refractivity contribution in [3.8, 4) is 0 Å². The molecule has 0 aliphatic heterocycles. The minimum absolute atomic E-state index is 0.929. The Morgan fingerprint density at radius 3 is 1.77 bits per heavy atom. The van der Waals surface area contributed by atoms with E-state index in [4.69, 9.17) is 17.7 Å². The van der Waals surface area contributed by atoms with Crippen molar-refractivity contribution in [3.05, 3.63) is 0 Å². The molecule has 0 aromatic rings. The third-order valence-corrected chi connectivity index (χ3v) is 7.54. The molecule has 0 unspecified atom stereocenters. The topological polar surface area (TPSA) is 36.9 Å². The van der Waals surface area contributed by atoms with E-state index in [-0.39, 0.29) is 0 Å². The Labute approximate surface area is 83.2 Å². The fourth-order valence-electron chi connectivity index (χ4n) is 0.999. The van der Waals surface area contributed by atoms with Crippen molar-refractivity contribution in [1.82, 2.24) is 0 Å². The highest BCUT2D eigenvalue weighted by atomic mass is 28.4. The Bertz CT molecular complexity index is 126. The Kier molecular flexibility index (Phi) is 6.83. The Hall–Kier alpha value is 0.274. The van der Waals surface area contributed by atoms with Crippen molar-refractivity contribution in [3.63, 3.8) is 0 Å². The number of hydrogen-bond acceptors (Lipinski definition) is 4. The van der Waals surface area contributed by atoms with Gasteiger partial charge in [0, 0.05) is 28.4 Å². The fourth-order valence-corrected chi connectivity index (χ4v) is 5.28. The van der Waals surface area contributed by atoms with Gasteiger partial charge in [-0.05, 0) is 18.6 Å². The molecule has 0 radical (unpaired) electrons. The van der Waals surface area contributed by atoms with Gasteiger partial charge < -0.3 is 17.7 Å². The Morgan fingerprint density at radius 1 is 1.00 bits per heavy atom. The summed E-state index contributed by atoms with van der Waals surface area (Å²) in [6.07, 6.45) is 0. The van der Waals surface area contributed by atoms with Gasteiger partial charge in [-0.15, -0.1) is 0 Å². The van der Waals surface area contributed by atoms with E-state index in [1.807, 2.05) is 6.55 Å². The first-order valence-electron chi connectivity index (χ1n) is 4.27. The van der Waals surface area contributed by atoms with Crippen LogP contribution in [0.4, 0.5) is 0 Å². The molecule has 4 nitrogen and oxygen atoms in total. The van der Waals surface area contributed by atoms with E-state index in [0.717, 1.165) is 12.1 Å². The summed E-state index contributed by atoms with van der Waals surface area (Å²) in [5.74, 6) is 0.